The van der Waals surface area contributed by atoms with Gasteiger partial charge in [-0.3, -0.25) is 0 Å². The van der Waals surface area contributed by atoms with Gasteiger partial charge in [-0.1, -0.05) is 321 Å². The van der Waals surface area contributed by atoms with Gasteiger partial charge in [-0.15, -0.1) is 32.9 Å². The van der Waals surface area contributed by atoms with E-state index in [1.807, 2.05) is 208 Å². The molecule has 4 heteroatoms. The highest BCUT2D eigenvalue weighted by molar-refractivity contribution is 5.80. The molecule has 4 N–H and O–H groups in total. The van der Waals surface area contributed by atoms with Gasteiger partial charge in [0.25, 0.3) is 0 Å². The summed E-state index contributed by atoms with van der Waals surface area (Å²) in [5.74, 6) is 1.44. The average molecular weight is 1550 g/mol. The summed E-state index contributed by atoms with van der Waals surface area (Å²) in [6.45, 7) is 45.3. The lowest BCUT2D eigenvalue weighted by molar-refractivity contribution is 0.472. The van der Waals surface area contributed by atoms with Crippen LogP contribution in [0.25, 0.3) is 103 Å². The molecule has 600 valence electrons. The summed E-state index contributed by atoms with van der Waals surface area (Å²) in [7, 11) is 0. The lowest BCUT2D eigenvalue weighted by Gasteiger charge is -2.14. The van der Waals surface area contributed by atoms with Crippen molar-refractivity contribution in [2.45, 2.75) is 122 Å². The van der Waals surface area contributed by atoms with Crippen LogP contribution in [0.15, 0.2) is 348 Å². The molecule has 0 heterocycles. The smallest absolute Gasteiger partial charge is 0.126 e. The number of hydrogen-bond donors (Lipinski definition) is 4. The van der Waals surface area contributed by atoms with Crippen molar-refractivity contribution < 1.29 is 20.4 Å². The zero-order valence-electron chi connectivity index (χ0n) is 71.8. The summed E-state index contributed by atoms with van der Waals surface area (Å²) in [5.41, 5.74) is 33.5. The number of aryl methyl sites for hydroxylation is 3. The van der Waals surface area contributed by atoms with Crippen LogP contribution in [-0.4, -0.2) is 20.4 Å². The number of allylic oxidation sites excluding steroid dienone is 13. The molecule has 0 aromatic heterocycles. The van der Waals surface area contributed by atoms with Crippen LogP contribution in [0.1, 0.15) is 143 Å². The standard InChI is InChI=1S/C20H22.4C19H20O.C18H18/c1-5-8-17-10-7-11-18(14-17)20-13-12-15(3)19(9-6-2)16(20)4;1-4-7-15-9-6-10-17(12-15)18-13-16(8-5-2)11-14(3)19(18)20;1-4-7-15-9-6-10-17(13-15)18-12-11-16(8-5-2)14(3)19(18)20;1-4-6-15-8-10-17(11-9-15)18-13-16(7-5-2)12-14(3)19(18)20;1-4-6-15-8-10-17(11-9-15)18-13-12-16(7-5-2)14(3)19(18)20;1-3-15(2)13-14-17-11-7-8-12-18(17)16-9-5-4-6-10-16/h5-8,10-14H,2,9H2,1,3-4H3;2*4-7,9-13,20H,2,8H2,1,3H3;2*4-6,8-13,20H,2,7H2,1,3H3;3-14H,1-2H3/b8-5+;2*7-4+;2*6-4+;14-13+,15-3+. The normalized spacial score (nSPS) is 11.1. The summed E-state index contributed by atoms with van der Waals surface area (Å²) in [4.78, 5) is 0. The van der Waals surface area contributed by atoms with E-state index in [1.54, 1.807) is 0 Å². The van der Waals surface area contributed by atoms with E-state index >= 15 is 0 Å². The second kappa shape index (κ2) is 48.2. The lowest BCUT2D eigenvalue weighted by atomic mass is 9.91. The van der Waals surface area contributed by atoms with Crippen LogP contribution >= 0.6 is 0 Å². The minimum atomic E-state index is 0.357. The van der Waals surface area contributed by atoms with Gasteiger partial charge in [0.15, 0.2) is 0 Å². The molecule has 0 aliphatic rings. The van der Waals surface area contributed by atoms with E-state index in [0.717, 1.165) is 132 Å². The Kier molecular flexibility index (Phi) is 37.5. The molecule has 12 aromatic carbocycles. The van der Waals surface area contributed by atoms with Gasteiger partial charge in [0.1, 0.15) is 23.0 Å². The Labute approximate surface area is 706 Å². The molecule has 0 saturated heterocycles. The van der Waals surface area contributed by atoms with Gasteiger partial charge in [0.2, 0.25) is 0 Å². The number of aromatic hydroxyl groups is 4. The average Bonchev–Trinajstić information content (AvgIpc) is 0.829. The van der Waals surface area contributed by atoms with Crippen molar-refractivity contribution in [2.24, 2.45) is 0 Å². The SMILES string of the molecule is C/C=C(C)/C=C/c1ccccc1-c1ccccc1.C=CCc1c(C)ccc(-c2cccc(/C=C/C)c2)c1C.C=CCc1cc(C)c(O)c(-c2ccc(/C=C/C)cc2)c1.C=CCc1cc(C)c(O)c(-c2cccc(/C=C/C)c2)c1.C=CCc1ccc(-c2ccc(/C=C/C)cc2)c(O)c1C.C=CCc1ccc(-c2cccc(/C=C/C)c2)c(O)c1C. The molecule has 0 radical (unpaired) electrons. The number of phenols is 4. The largest absolute Gasteiger partial charge is 0.507 e. The van der Waals surface area contributed by atoms with Gasteiger partial charge in [-0.25, -0.2) is 0 Å². The van der Waals surface area contributed by atoms with Crippen LogP contribution in [0.3, 0.4) is 0 Å². The Morgan fingerprint density at radius 2 is 0.644 bits per heavy atom. The predicted molar refractivity (Wildman–Crippen MR) is 518 cm³/mol. The molecule has 0 fully saturated rings. The minimum Gasteiger partial charge on any atom is -0.507 e. The summed E-state index contributed by atoms with van der Waals surface area (Å²) in [6.07, 6.45) is 40.5. The maximum atomic E-state index is 10.4. The van der Waals surface area contributed by atoms with E-state index in [1.165, 1.54) is 66.8 Å². The third-order valence-corrected chi connectivity index (χ3v) is 20.3. The van der Waals surface area contributed by atoms with Gasteiger partial charge in [-0.2, -0.15) is 0 Å². The molecule has 12 rings (SSSR count). The molecule has 12 aromatic rings. The molecular weight excluding hydrogens is 1430 g/mol. The number of phenolic OH excluding ortho intramolecular Hbond substituents is 4. The molecule has 0 atom stereocenters. The summed E-state index contributed by atoms with van der Waals surface area (Å²) < 4.78 is 0. The first-order valence-corrected chi connectivity index (χ1v) is 40.7. The Balaban J connectivity index is 0.000000196. The number of rotatable bonds is 23. The number of benzene rings is 12. The first kappa shape index (κ1) is 91.9. The Bertz CT molecular complexity index is 5560. The molecule has 4 nitrogen and oxygen atoms in total. The van der Waals surface area contributed by atoms with Crippen molar-refractivity contribution >= 4 is 36.5 Å². The van der Waals surface area contributed by atoms with Gasteiger partial charge in [-0.05, 0) is 292 Å². The highest BCUT2D eigenvalue weighted by Gasteiger charge is 2.15. The van der Waals surface area contributed by atoms with E-state index in [0.29, 0.717) is 23.0 Å². The van der Waals surface area contributed by atoms with Crippen LogP contribution < -0.4 is 0 Å². The third-order valence-electron chi connectivity index (χ3n) is 20.3. The fourth-order valence-corrected chi connectivity index (χ4v) is 13.9. The van der Waals surface area contributed by atoms with Gasteiger partial charge < -0.3 is 20.4 Å². The van der Waals surface area contributed by atoms with Gasteiger partial charge >= 0.3 is 0 Å². The van der Waals surface area contributed by atoms with E-state index in [4.69, 9.17) is 0 Å². The summed E-state index contributed by atoms with van der Waals surface area (Å²) >= 11 is 0. The monoisotopic (exact) mass is 1550 g/mol. The topological polar surface area (TPSA) is 80.9 Å². The predicted octanol–water partition coefficient (Wildman–Crippen LogP) is 31.6. The fraction of sp³-hybridized carbons (Fsp3) is 0.158. The quantitative estimate of drug-likeness (QED) is 0.0380. The van der Waals surface area contributed by atoms with Crippen molar-refractivity contribution in [2.75, 3.05) is 0 Å². The second-order valence-corrected chi connectivity index (χ2v) is 29.0. The van der Waals surface area contributed by atoms with Crippen molar-refractivity contribution in [3.05, 3.63) is 443 Å². The van der Waals surface area contributed by atoms with E-state index in [9.17, 15) is 20.4 Å². The highest BCUT2D eigenvalue weighted by atomic mass is 16.3. The molecule has 0 spiro atoms. The first-order chi connectivity index (χ1) is 57.1. The first-order valence-electron chi connectivity index (χ1n) is 40.7. The molecule has 118 heavy (non-hydrogen) atoms. The Morgan fingerprint density at radius 1 is 0.280 bits per heavy atom. The summed E-state index contributed by atoms with van der Waals surface area (Å²) in [6, 6.07) is 81.0. The van der Waals surface area contributed by atoms with Crippen molar-refractivity contribution in [1.82, 2.24) is 0 Å². The molecule has 0 saturated carbocycles. The van der Waals surface area contributed by atoms with Crippen LogP contribution in [0.4, 0.5) is 0 Å². The maximum absolute atomic E-state index is 10.4. The summed E-state index contributed by atoms with van der Waals surface area (Å²) in [5, 5.41) is 41.4. The van der Waals surface area contributed by atoms with Crippen LogP contribution in [0.2, 0.25) is 0 Å². The molecule has 0 unspecified atom stereocenters. The number of hydrogen-bond acceptors (Lipinski definition) is 4. The zero-order chi connectivity index (χ0) is 85.5. The van der Waals surface area contributed by atoms with Crippen LogP contribution in [-0.2, 0) is 32.1 Å². The molecule has 0 aliphatic carbocycles. The molecule has 0 aliphatic heterocycles. The Hall–Kier alpha value is -13.3. The van der Waals surface area contributed by atoms with Crippen molar-refractivity contribution in [1.29, 1.82) is 0 Å². The molecule has 0 bridgehead atoms. The van der Waals surface area contributed by atoms with Crippen LogP contribution in [0, 0.1) is 41.5 Å². The van der Waals surface area contributed by atoms with Gasteiger partial charge in [0, 0.05) is 22.3 Å². The molecule has 0 amide bonds. The third kappa shape index (κ3) is 26.6. The highest BCUT2D eigenvalue weighted by Crippen LogP contribution is 2.39. The lowest BCUT2D eigenvalue weighted by Crippen LogP contribution is -1.95. The van der Waals surface area contributed by atoms with Crippen LogP contribution in [0.5, 0.6) is 23.0 Å². The molecular formula is C114H120O4. The Morgan fingerprint density at radius 3 is 1.08 bits per heavy atom. The zero-order valence-corrected chi connectivity index (χ0v) is 71.8. The fourth-order valence-electron chi connectivity index (χ4n) is 13.9. The van der Waals surface area contributed by atoms with Crippen molar-refractivity contribution in [3.8, 4) is 89.8 Å². The van der Waals surface area contributed by atoms with E-state index in [-0.39, 0.29) is 0 Å². The van der Waals surface area contributed by atoms with E-state index in [2.05, 4.69) is 261 Å². The minimum absolute atomic E-state index is 0.357. The maximum Gasteiger partial charge on any atom is 0.126 e. The van der Waals surface area contributed by atoms with Gasteiger partial charge in [0.05, 0.1) is 0 Å². The van der Waals surface area contributed by atoms with Crippen molar-refractivity contribution in [3.63, 3.8) is 0 Å². The second-order valence-electron chi connectivity index (χ2n) is 29.0. The van der Waals surface area contributed by atoms with E-state index < -0.39 is 0 Å².